The minimum absolute atomic E-state index is 0.0461. The number of hydrogen-bond donors (Lipinski definition) is 1. The highest BCUT2D eigenvalue weighted by Gasteiger charge is 2.10. The fourth-order valence-corrected chi connectivity index (χ4v) is 3.06. The summed E-state index contributed by atoms with van der Waals surface area (Å²) in [5.74, 6) is 0.0461. The fraction of sp³-hybridized carbons (Fsp3) is 0.190. The standard InChI is InChI=1S/C21H22N2O/c1-14-10-20-18(12-19(14)22-15(2)11-16(3)24)13-21(23(20)4)17-8-6-5-7-9-17/h5-13,22H,1-4H3/b15-11+. The Morgan fingerprint density at radius 2 is 1.79 bits per heavy atom. The van der Waals surface area contributed by atoms with Crippen molar-refractivity contribution in [3.63, 3.8) is 0 Å². The molecule has 0 atom stereocenters. The summed E-state index contributed by atoms with van der Waals surface area (Å²) in [7, 11) is 2.10. The Bertz CT molecular complexity index is 933. The van der Waals surface area contributed by atoms with Gasteiger partial charge in [-0.25, -0.2) is 0 Å². The Balaban J connectivity index is 2.07. The Hall–Kier alpha value is -2.81. The van der Waals surface area contributed by atoms with Crippen molar-refractivity contribution < 1.29 is 4.79 Å². The van der Waals surface area contributed by atoms with Crippen molar-refractivity contribution in [3.05, 3.63) is 65.9 Å². The maximum atomic E-state index is 11.2. The van der Waals surface area contributed by atoms with Gasteiger partial charge in [0, 0.05) is 35.0 Å². The zero-order chi connectivity index (χ0) is 17.3. The molecule has 1 heterocycles. The molecular weight excluding hydrogens is 296 g/mol. The van der Waals surface area contributed by atoms with E-state index in [9.17, 15) is 4.79 Å². The van der Waals surface area contributed by atoms with Gasteiger partial charge in [0.25, 0.3) is 0 Å². The second-order valence-electron chi connectivity index (χ2n) is 6.24. The largest absolute Gasteiger partial charge is 0.359 e. The molecule has 0 saturated heterocycles. The number of rotatable bonds is 4. The molecule has 3 heteroatoms. The van der Waals surface area contributed by atoms with Gasteiger partial charge in [0.05, 0.1) is 0 Å². The summed E-state index contributed by atoms with van der Waals surface area (Å²) in [4.78, 5) is 11.2. The van der Waals surface area contributed by atoms with Gasteiger partial charge in [0.2, 0.25) is 0 Å². The number of anilines is 1. The second kappa shape index (κ2) is 6.36. The highest BCUT2D eigenvalue weighted by atomic mass is 16.1. The first-order valence-electron chi connectivity index (χ1n) is 8.07. The van der Waals surface area contributed by atoms with Crippen LogP contribution in [0.2, 0.25) is 0 Å². The van der Waals surface area contributed by atoms with Crippen LogP contribution in [0, 0.1) is 6.92 Å². The second-order valence-corrected chi connectivity index (χ2v) is 6.24. The number of hydrogen-bond acceptors (Lipinski definition) is 2. The number of allylic oxidation sites excluding steroid dienone is 2. The predicted octanol–water partition coefficient (Wildman–Crippen LogP) is 5.06. The molecule has 3 aromatic rings. The minimum Gasteiger partial charge on any atom is -0.359 e. The van der Waals surface area contributed by atoms with E-state index in [1.807, 2.05) is 13.0 Å². The van der Waals surface area contributed by atoms with Gasteiger partial charge in [-0.05, 0) is 56.2 Å². The molecule has 0 aliphatic carbocycles. The summed E-state index contributed by atoms with van der Waals surface area (Å²) in [6.45, 7) is 5.55. The molecule has 3 nitrogen and oxygen atoms in total. The van der Waals surface area contributed by atoms with Gasteiger partial charge in [0.1, 0.15) is 0 Å². The third-order valence-electron chi connectivity index (χ3n) is 4.21. The lowest BCUT2D eigenvalue weighted by atomic mass is 10.1. The monoisotopic (exact) mass is 318 g/mol. The average molecular weight is 318 g/mol. The molecule has 1 aromatic heterocycles. The van der Waals surface area contributed by atoms with E-state index in [1.165, 1.54) is 22.2 Å². The number of aryl methyl sites for hydroxylation is 2. The highest BCUT2D eigenvalue weighted by molar-refractivity contribution is 5.91. The number of carbonyl (C=O) groups excluding carboxylic acids is 1. The van der Waals surface area contributed by atoms with Gasteiger partial charge in [-0.2, -0.15) is 0 Å². The summed E-state index contributed by atoms with van der Waals surface area (Å²) in [6, 6.07) is 16.9. The van der Waals surface area contributed by atoms with E-state index in [1.54, 1.807) is 13.0 Å². The molecule has 1 N–H and O–H groups in total. The number of benzene rings is 2. The van der Waals surface area contributed by atoms with Crippen LogP contribution in [0.3, 0.4) is 0 Å². The van der Waals surface area contributed by atoms with Crippen molar-refractivity contribution in [1.82, 2.24) is 4.57 Å². The lowest BCUT2D eigenvalue weighted by molar-refractivity contribution is -0.112. The van der Waals surface area contributed by atoms with Crippen LogP contribution in [0.15, 0.2) is 60.3 Å². The third kappa shape index (κ3) is 3.11. The van der Waals surface area contributed by atoms with Crippen molar-refractivity contribution in [3.8, 4) is 11.3 Å². The van der Waals surface area contributed by atoms with Crippen molar-refractivity contribution >= 4 is 22.4 Å². The van der Waals surface area contributed by atoms with E-state index in [0.29, 0.717) is 0 Å². The maximum Gasteiger partial charge on any atom is 0.154 e. The summed E-state index contributed by atoms with van der Waals surface area (Å²) in [5.41, 5.74) is 6.63. The molecule has 0 aliphatic rings. The molecule has 2 aromatic carbocycles. The summed E-state index contributed by atoms with van der Waals surface area (Å²) in [6.07, 6.45) is 1.62. The molecular formula is C21H22N2O. The van der Waals surface area contributed by atoms with Gasteiger partial charge in [-0.15, -0.1) is 0 Å². The van der Waals surface area contributed by atoms with E-state index in [4.69, 9.17) is 0 Å². The summed E-state index contributed by atoms with van der Waals surface area (Å²) >= 11 is 0. The molecule has 0 aliphatic heterocycles. The SMILES string of the molecule is CC(=O)/C=C(\C)Nc1cc2cc(-c3ccccc3)n(C)c2cc1C. The highest BCUT2D eigenvalue weighted by Crippen LogP contribution is 2.31. The molecule has 0 saturated carbocycles. The van der Waals surface area contributed by atoms with Crippen LogP contribution in [0.1, 0.15) is 19.4 Å². The Morgan fingerprint density at radius 3 is 2.46 bits per heavy atom. The molecule has 122 valence electrons. The van der Waals surface area contributed by atoms with E-state index in [2.05, 4.69) is 66.3 Å². The number of ketones is 1. The zero-order valence-electron chi connectivity index (χ0n) is 14.6. The molecule has 0 bridgehead atoms. The average Bonchev–Trinajstić information content (AvgIpc) is 2.84. The summed E-state index contributed by atoms with van der Waals surface area (Å²) < 4.78 is 2.22. The summed E-state index contributed by atoms with van der Waals surface area (Å²) in [5, 5.41) is 4.51. The number of nitrogens with one attached hydrogen (secondary N) is 1. The van der Waals surface area contributed by atoms with E-state index in [0.717, 1.165) is 16.9 Å². The third-order valence-corrected chi connectivity index (χ3v) is 4.21. The molecule has 0 fully saturated rings. The van der Waals surface area contributed by atoms with E-state index < -0.39 is 0 Å². The van der Waals surface area contributed by atoms with E-state index >= 15 is 0 Å². The van der Waals surface area contributed by atoms with Crippen molar-refractivity contribution in [2.24, 2.45) is 7.05 Å². The van der Waals surface area contributed by atoms with Crippen molar-refractivity contribution in [2.75, 3.05) is 5.32 Å². The smallest absolute Gasteiger partial charge is 0.154 e. The molecule has 0 unspecified atom stereocenters. The van der Waals surface area contributed by atoms with Gasteiger partial charge in [-0.1, -0.05) is 30.3 Å². The number of aromatic nitrogens is 1. The van der Waals surface area contributed by atoms with E-state index in [-0.39, 0.29) is 5.78 Å². The first-order chi connectivity index (χ1) is 11.5. The molecule has 0 radical (unpaired) electrons. The zero-order valence-corrected chi connectivity index (χ0v) is 14.6. The number of nitrogens with zero attached hydrogens (tertiary/aromatic N) is 1. The predicted molar refractivity (Wildman–Crippen MR) is 101 cm³/mol. The Kier molecular flexibility index (Phi) is 4.26. The first-order valence-corrected chi connectivity index (χ1v) is 8.07. The molecule has 0 spiro atoms. The van der Waals surface area contributed by atoms with Crippen LogP contribution in [-0.2, 0) is 11.8 Å². The first kappa shape index (κ1) is 16.1. The van der Waals surface area contributed by atoms with Crippen LogP contribution >= 0.6 is 0 Å². The quantitative estimate of drug-likeness (QED) is 0.682. The lowest BCUT2D eigenvalue weighted by Crippen LogP contribution is -2.00. The Morgan fingerprint density at radius 1 is 1.08 bits per heavy atom. The molecule has 24 heavy (non-hydrogen) atoms. The van der Waals surface area contributed by atoms with Crippen LogP contribution < -0.4 is 5.32 Å². The van der Waals surface area contributed by atoms with Gasteiger partial charge in [-0.3, -0.25) is 4.79 Å². The van der Waals surface area contributed by atoms with Crippen LogP contribution in [0.4, 0.5) is 5.69 Å². The minimum atomic E-state index is 0.0461. The lowest BCUT2D eigenvalue weighted by Gasteiger charge is -2.11. The normalized spacial score (nSPS) is 11.8. The molecule has 0 amide bonds. The van der Waals surface area contributed by atoms with Gasteiger partial charge in [0.15, 0.2) is 5.78 Å². The van der Waals surface area contributed by atoms with Crippen LogP contribution in [0.5, 0.6) is 0 Å². The fourth-order valence-electron chi connectivity index (χ4n) is 3.06. The van der Waals surface area contributed by atoms with Gasteiger partial charge < -0.3 is 9.88 Å². The van der Waals surface area contributed by atoms with Crippen LogP contribution in [-0.4, -0.2) is 10.4 Å². The number of fused-ring (bicyclic) bond motifs is 1. The van der Waals surface area contributed by atoms with Crippen LogP contribution in [0.25, 0.3) is 22.2 Å². The van der Waals surface area contributed by atoms with Crippen molar-refractivity contribution in [2.45, 2.75) is 20.8 Å². The maximum absolute atomic E-state index is 11.2. The van der Waals surface area contributed by atoms with Gasteiger partial charge >= 0.3 is 0 Å². The Labute approximate surface area is 142 Å². The topological polar surface area (TPSA) is 34.0 Å². The van der Waals surface area contributed by atoms with Crippen molar-refractivity contribution in [1.29, 1.82) is 0 Å². The number of carbonyl (C=O) groups is 1. The molecule has 3 rings (SSSR count).